The summed E-state index contributed by atoms with van der Waals surface area (Å²) in [6, 6.07) is 0.639. The van der Waals surface area contributed by atoms with E-state index in [2.05, 4.69) is 15.6 Å². The molecule has 1 heterocycles. The van der Waals surface area contributed by atoms with Gasteiger partial charge < -0.3 is 22.1 Å². The summed E-state index contributed by atoms with van der Waals surface area (Å²) in [6.45, 7) is 8.25. The van der Waals surface area contributed by atoms with Crippen molar-refractivity contribution in [3.05, 3.63) is 22.9 Å². The predicted molar refractivity (Wildman–Crippen MR) is 137 cm³/mol. The Kier molecular flexibility index (Phi) is 9.34. The Morgan fingerprint density at radius 2 is 1.82 bits per heavy atom. The highest BCUT2D eigenvalue weighted by molar-refractivity contribution is 5.89. The fraction of sp³-hybridized carbons (Fsp3) is 0.741. The van der Waals surface area contributed by atoms with Crippen LogP contribution in [0.2, 0.25) is 0 Å². The highest BCUT2D eigenvalue weighted by Gasteiger charge is 2.37. The summed E-state index contributed by atoms with van der Waals surface area (Å²) in [6.07, 6.45) is 10.3. The van der Waals surface area contributed by atoms with Crippen LogP contribution in [0.5, 0.6) is 0 Å². The zero-order chi connectivity index (χ0) is 24.8. The standard InChI is InChI=1S/C27H45N5O2/c1-5-16(2)25(29)27(34)32-23(14-20-11-8-10-19-9-6-7-12-21(19)20)26(33)30-15-22-17(3)13-24(28)31-18(22)4/h13,16,19-21,23,25H,5-12,14-15,29H2,1-4H3,(H2,28,31)(H,30,33)(H,32,34)/t16?,19?,20?,21-,23+,25?/m0/s1. The minimum Gasteiger partial charge on any atom is -0.384 e. The quantitative estimate of drug-likeness (QED) is 0.437. The van der Waals surface area contributed by atoms with E-state index in [0.29, 0.717) is 30.6 Å². The first-order valence-corrected chi connectivity index (χ1v) is 13.3. The van der Waals surface area contributed by atoms with Gasteiger partial charge in [0.25, 0.3) is 0 Å². The van der Waals surface area contributed by atoms with E-state index < -0.39 is 12.1 Å². The van der Waals surface area contributed by atoms with Crippen LogP contribution < -0.4 is 22.1 Å². The summed E-state index contributed by atoms with van der Waals surface area (Å²) in [7, 11) is 0. The molecule has 2 aliphatic rings. The summed E-state index contributed by atoms with van der Waals surface area (Å²) >= 11 is 0. The van der Waals surface area contributed by atoms with Crippen molar-refractivity contribution in [3.63, 3.8) is 0 Å². The summed E-state index contributed by atoms with van der Waals surface area (Å²) in [5, 5.41) is 6.11. The first-order chi connectivity index (χ1) is 16.2. The van der Waals surface area contributed by atoms with E-state index in [0.717, 1.165) is 35.6 Å². The van der Waals surface area contributed by atoms with Crippen LogP contribution >= 0.6 is 0 Å². The molecule has 1 aromatic heterocycles. The molecule has 3 rings (SSSR count). The van der Waals surface area contributed by atoms with E-state index >= 15 is 0 Å². The van der Waals surface area contributed by atoms with Gasteiger partial charge in [-0.3, -0.25) is 9.59 Å². The highest BCUT2D eigenvalue weighted by Crippen LogP contribution is 2.45. The fourth-order valence-electron chi connectivity index (χ4n) is 6.13. The van der Waals surface area contributed by atoms with Crippen LogP contribution in [-0.2, 0) is 16.1 Å². The minimum absolute atomic E-state index is 0.0623. The number of aryl methyl sites for hydroxylation is 2. The van der Waals surface area contributed by atoms with Gasteiger partial charge in [0.15, 0.2) is 0 Å². The topological polar surface area (TPSA) is 123 Å². The van der Waals surface area contributed by atoms with Crippen molar-refractivity contribution < 1.29 is 9.59 Å². The molecule has 190 valence electrons. The van der Waals surface area contributed by atoms with Crippen LogP contribution in [0.4, 0.5) is 5.82 Å². The molecule has 0 aliphatic heterocycles. The smallest absolute Gasteiger partial charge is 0.242 e. The van der Waals surface area contributed by atoms with Crippen molar-refractivity contribution in [2.24, 2.45) is 29.4 Å². The molecule has 1 aromatic rings. The van der Waals surface area contributed by atoms with E-state index in [-0.39, 0.29) is 17.7 Å². The van der Waals surface area contributed by atoms with E-state index in [4.69, 9.17) is 11.5 Å². The Morgan fingerprint density at radius 3 is 2.53 bits per heavy atom. The lowest BCUT2D eigenvalue weighted by Crippen LogP contribution is -2.54. The van der Waals surface area contributed by atoms with Crippen LogP contribution in [0, 0.1) is 37.5 Å². The molecule has 7 nitrogen and oxygen atoms in total. The molecule has 0 aromatic carbocycles. The lowest BCUT2D eigenvalue weighted by Gasteiger charge is -2.42. The monoisotopic (exact) mass is 471 g/mol. The maximum Gasteiger partial charge on any atom is 0.242 e. The number of nitrogens with two attached hydrogens (primary N) is 2. The van der Waals surface area contributed by atoms with Gasteiger partial charge in [0.2, 0.25) is 11.8 Å². The molecular formula is C27H45N5O2. The lowest BCUT2D eigenvalue weighted by molar-refractivity contribution is -0.131. The van der Waals surface area contributed by atoms with Crippen molar-refractivity contribution in [1.29, 1.82) is 0 Å². The molecule has 2 amide bonds. The third-order valence-corrected chi connectivity index (χ3v) is 8.47. The van der Waals surface area contributed by atoms with Crippen molar-refractivity contribution in [3.8, 4) is 0 Å². The number of carbonyl (C=O) groups excluding carboxylic acids is 2. The molecule has 0 radical (unpaired) electrons. The molecule has 34 heavy (non-hydrogen) atoms. The van der Waals surface area contributed by atoms with Gasteiger partial charge in [-0.25, -0.2) is 4.98 Å². The number of fused-ring (bicyclic) bond motifs is 1. The summed E-state index contributed by atoms with van der Waals surface area (Å²) in [5.74, 6) is 2.09. The number of nitrogens with one attached hydrogen (secondary N) is 2. The summed E-state index contributed by atoms with van der Waals surface area (Å²) in [4.78, 5) is 30.7. The number of nitrogens with zero attached hydrogens (tertiary/aromatic N) is 1. The Labute approximate surface area is 205 Å². The Bertz CT molecular complexity index is 832. The zero-order valence-corrected chi connectivity index (χ0v) is 21.5. The van der Waals surface area contributed by atoms with Crippen LogP contribution in [0.25, 0.3) is 0 Å². The van der Waals surface area contributed by atoms with Gasteiger partial charge in [0, 0.05) is 12.2 Å². The SMILES string of the molecule is CCC(C)C(N)C(=O)N[C@H](CC1CCCC2CCCC[C@@H]21)C(=O)NCc1c(C)cc(N)nc1C. The van der Waals surface area contributed by atoms with Crippen molar-refractivity contribution in [1.82, 2.24) is 15.6 Å². The van der Waals surface area contributed by atoms with Gasteiger partial charge in [0.05, 0.1) is 6.04 Å². The van der Waals surface area contributed by atoms with Crippen LogP contribution in [0.15, 0.2) is 6.07 Å². The largest absolute Gasteiger partial charge is 0.384 e. The molecule has 6 atom stereocenters. The Hall–Kier alpha value is -2.15. The Morgan fingerprint density at radius 1 is 1.12 bits per heavy atom. The maximum absolute atomic E-state index is 13.4. The fourth-order valence-corrected chi connectivity index (χ4v) is 6.13. The lowest BCUT2D eigenvalue weighted by atomic mass is 9.64. The van der Waals surface area contributed by atoms with Crippen molar-refractivity contribution in [2.75, 3.05) is 5.73 Å². The normalized spacial score (nSPS) is 25.0. The van der Waals surface area contributed by atoms with Crippen LogP contribution in [0.1, 0.15) is 88.5 Å². The van der Waals surface area contributed by atoms with Crippen LogP contribution in [-0.4, -0.2) is 28.9 Å². The second kappa shape index (κ2) is 12.0. The first-order valence-electron chi connectivity index (χ1n) is 13.3. The van der Waals surface area contributed by atoms with Gasteiger partial charge in [0.1, 0.15) is 11.9 Å². The Balaban J connectivity index is 1.73. The number of rotatable bonds is 9. The molecule has 2 aliphatic carbocycles. The highest BCUT2D eigenvalue weighted by atomic mass is 16.2. The van der Waals surface area contributed by atoms with Gasteiger partial charge in [-0.2, -0.15) is 0 Å². The third kappa shape index (κ3) is 6.49. The minimum atomic E-state index is -0.611. The van der Waals surface area contributed by atoms with Gasteiger partial charge in [-0.05, 0) is 67.6 Å². The van der Waals surface area contributed by atoms with Crippen LogP contribution in [0.3, 0.4) is 0 Å². The number of nitrogen functional groups attached to an aromatic ring is 1. The van der Waals surface area contributed by atoms with Gasteiger partial charge in [-0.15, -0.1) is 0 Å². The average molecular weight is 472 g/mol. The zero-order valence-electron chi connectivity index (χ0n) is 21.5. The van der Waals surface area contributed by atoms with E-state index in [1.165, 1.54) is 38.5 Å². The molecule has 0 saturated heterocycles. The maximum atomic E-state index is 13.4. The number of pyridine rings is 1. The molecule has 0 bridgehead atoms. The average Bonchev–Trinajstić information content (AvgIpc) is 2.81. The number of amides is 2. The number of hydrogen-bond acceptors (Lipinski definition) is 5. The third-order valence-electron chi connectivity index (χ3n) is 8.47. The van der Waals surface area contributed by atoms with Crippen molar-refractivity contribution >= 4 is 17.6 Å². The van der Waals surface area contributed by atoms with Gasteiger partial charge in [-0.1, -0.05) is 58.8 Å². The number of carbonyl (C=O) groups is 2. The van der Waals surface area contributed by atoms with Gasteiger partial charge >= 0.3 is 0 Å². The van der Waals surface area contributed by atoms with E-state index in [1.807, 2.05) is 33.8 Å². The number of anilines is 1. The molecule has 7 heteroatoms. The second-order valence-electron chi connectivity index (χ2n) is 10.8. The summed E-state index contributed by atoms with van der Waals surface area (Å²) < 4.78 is 0. The van der Waals surface area contributed by atoms with E-state index in [9.17, 15) is 9.59 Å². The summed E-state index contributed by atoms with van der Waals surface area (Å²) in [5.41, 5.74) is 14.8. The first kappa shape index (κ1) is 26.5. The van der Waals surface area contributed by atoms with E-state index in [1.54, 1.807) is 0 Å². The molecule has 6 N–H and O–H groups in total. The number of aromatic nitrogens is 1. The molecule has 0 spiro atoms. The molecule has 4 unspecified atom stereocenters. The number of hydrogen-bond donors (Lipinski definition) is 4. The van der Waals surface area contributed by atoms with Crippen molar-refractivity contribution in [2.45, 2.75) is 104 Å². The predicted octanol–water partition coefficient (Wildman–Crippen LogP) is 3.75. The molecule has 2 saturated carbocycles. The molecule has 2 fully saturated rings. The molecular weight excluding hydrogens is 426 g/mol. The second-order valence-corrected chi connectivity index (χ2v) is 10.8.